The Bertz CT molecular complexity index is 964. The maximum atomic E-state index is 7.13. The van der Waals surface area contributed by atoms with Crippen molar-refractivity contribution in [2.24, 2.45) is 0 Å². The molecule has 0 aliphatic rings. The molecule has 0 saturated carbocycles. The maximum absolute atomic E-state index is 7.13. The summed E-state index contributed by atoms with van der Waals surface area (Å²) in [4.78, 5) is 8.97. The predicted octanol–water partition coefficient (Wildman–Crippen LogP) is 8.30. The molecule has 0 aliphatic carbocycles. The van der Waals surface area contributed by atoms with Crippen molar-refractivity contribution in [3.8, 4) is 22.5 Å². The number of hydrogen-bond donors (Lipinski definition) is 0. The van der Waals surface area contributed by atoms with Crippen LogP contribution in [-0.2, 0) is 49.0 Å². The van der Waals surface area contributed by atoms with Crippen LogP contribution in [0.1, 0.15) is 52.7 Å². The number of aromatic nitrogens is 2. The molecule has 0 amide bonds. The minimum atomic E-state index is -1.21. The van der Waals surface area contributed by atoms with Crippen molar-refractivity contribution in [1.82, 2.24) is 9.97 Å². The molecular weight excluding hydrogens is 737 g/mol. The van der Waals surface area contributed by atoms with E-state index in [1.165, 1.54) is 16.3 Å². The van der Waals surface area contributed by atoms with Crippen LogP contribution in [0, 0.1) is 23.9 Å². The van der Waals surface area contributed by atoms with Gasteiger partial charge in [-0.05, 0) is 46.2 Å². The first-order valence-electron chi connectivity index (χ1n) is 11.5. The first kappa shape index (κ1) is 42.9. The summed E-state index contributed by atoms with van der Waals surface area (Å²) < 4.78 is 0. The molecule has 2 heterocycles. The van der Waals surface area contributed by atoms with Gasteiger partial charge in [0.05, 0.1) is 27.5 Å². The molecule has 2 aromatic rings. The molecule has 0 radical (unpaired) electrons. The molecule has 0 saturated heterocycles. The molecule has 2 aromatic heterocycles. The van der Waals surface area contributed by atoms with Crippen LogP contribution in [0.3, 0.4) is 0 Å². The van der Waals surface area contributed by atoms with Crippen molar-refractivity contribution in [3.63, 3.8) is 0 Å². The van der Waals surface area contributed by atoms with E-state index < -0.39 is 16.1 Å². The second kappa shape index (κ2) is 19.0. The van der Waals surface area contributed by atoms with Crippen molar-refractivity contribution in [2.75, 3.05) is 0 Å². The minimum absolute atomic E-state index is 0. The summed E-state index contributed by atoms with van der Waals surface area (Å²) in [5.74, 6) is 0. The topological polar surface area (TPSA) is 48.1 Å². The smallest absolute Gasteiger partial charge is 0.753 e. The first-order valence-corrected chi connectivity index (χ1v) is 18.9. The fourth-order valence-electron chi connectivity index (χ4n) is 2.07. The van der Waals surface area contributed by atoms with Gasteiger partial charge in [-0.15, -0.1) is 0 Å². The molecule has 0 aliphatic heterocycles. The van der Waals surface area contributed by atoms with Gasteiger partial charge in [0.15, 0.2) is 0 Å². The van der Waals surface area contributed by atoms with Crippen molar-refractivity contribution in [2.45, 2.75) is 91.7 Å². The van der Waals surface area contributed by atoms with E-state index in [0.29, 0.717) is 0 Å². The zero-order valence-electron chi connectivity index (χ0n) is 24.3. The third-order valence-corrected chi connectivity index (χ3v) is 5.76. The second-order valence-corrected chi connectivity index (χ2v) is 21.9. The van der Waals surface area contributed by atoms with Gasteiger partial charge < -0.3 is 29.3 Å². The summed E-state index contributed by atoms with van der Waals surface area (Å²) in [6.45, 7) is 25.8. The largest absolute Gasteiger partial charge is 2.00 e. The van der Waals surface area contributed by atoms with E-state index in [-0.39, 0.29) is 49.0 Å². The van der Waals surface area contributed by atoms with Crippen molar-refractivity contribution >= 4 is 33.5 Å². The number of thiocarbonyl (C=S) groups is 1. The summed E-state index contributed by atoms with van der Waals surface area (Å²) in [5.41, 5.74) is 9.70. The van der Waals surface area contributed by atoms with Crippen LogP contribution in [-0.4, -0.2) is 31.3 Å². The third kappa shape index (κ3) is 22.5. The molecule has 2 rings (SSSR count). The van der Waals surface area contributed by atoms with Gasteiger partial charge in [0.2, 0.25) is 0 Å². The monoisotopic (exact) mass is 778 g/mol. The number of rotatable bonds is 1. The standard InChI is InChI=1S/C18H24N2.2C5H9Si.CNS.Cu.Pt/c1-17(2,3)13-7-9-19-15(11-13)16-12-14(8-10-20-16)18(4,5)6;2*1-5-6(2,3)4;2-1-3;;/h7-12H,1-6H3;2*2-4H3;;;/q;3*-1;+1;+2. The van der Waals surface area contributed by atoms with Crippen LogP contribution >= 0.6 is 12.2 Å². The van der Waals surface area contributed by atoms with Crippen LogP contribution in [0.15, 0.2) is 36.7 Å². The summed E-state index contributed by atoms with van der Waals surface area (Å²) in [6.07, 6.45) is 17.1. The molecule has 0 fully saturated rings. The zero-order chi connectivity index (χ0) is 28.1. The molecule has 0 atom stereocenters. The normalized spacial score (nSPS) is 10.3. The van der Waals surface area contributed by atoms with Gasteiger partial charge in [0.25, 0.3) is 0 Å². The summed E-state index contributed by atoms with van der Waals surface area (Å²) in [7, 11) is -2.43. The van der Waals surface area contributed by atoms with E-state index in [1.54, 1.807) is 0 Å². The van der Waals surface area contributed by atoms with E-state index in [0.717, 1.165) is 11.4 Å². The molecule has 0 spiro atoms. The van der Waals surface area contributed by atoms with Gasteiger partial charge in [-0.1, -0.05) is 93.0 Å². The number of pyridine rings is 2. The first-order chi connectivity index (χ1) is 15.7. The fourth-order valence-corrected chi connectivity index (χ4v) is 2.07. The van der Waals surface area contributed by atoms with E-state index >= 15 is 0 Å². The van der Waals surface area contributed by atoms with Crippen molar-refractivity contribution in [1.29, 1.82) is 0 Å². The van der Waals surface area contributed by atoms with Crippen LogP contribution < -0.4 is 0 Å². The summed E-state index contributed by atoms with van der Waals surface area (Å²) in [6, 6.07) is 8.46. The van der Waals surface area contributed by atoms with Gasteiger partial charge in [-0.25, -0.2) is 0 Å². The van der Waals surface area contributed by atoms with Crippen molar-refractivity contribution in [3.05, 3.63) is 66.0 Å². The maximum Gasteiger partial charge on any atom is 2.00 e. The Balaban J connectivity index is -0.000000267. The van der Waals surface area contributed by atoms with Crippen molar-refractivity contribution < 1.29 is 38.1 Å². The van der Waals surface area contributed by atoms with E-state index in [4.69, 9.17) is 18.3 Å². The molecule has 3 nitrogen and oxygen atoms in total. The summed E-state index contributed by atoms with van der Waals surface area (Å²) >= 11 is 3.70. The second-order valence-electron chi connectivity index (χ2n) is 12.2. The predicted molar refractivity (Wildman–Crippen MR) is 162 cm³/mol. The average molecular weight is 780 g/mol. The van der Waals surface area contributed by atoms with Gasteiger partial charge in [0.1, 0.15) is 0 Å². The van der Waals surface area contributed by atoms with E-state index in [2.05, 4.69) is 138 Å². The van der Waals surface area contributed by atoms with Crippen LogP contribution in [0.25, 0.3) is 16.8 Å². The van der Waals surface area contributed by atoms with E-state index in [9.17, 15) is 0 Å². The Morgan fingerprint density at radius 1 is 0.730 bits per heavy atom. The van der Waals surface area contributed by atoms with E-state index in [1.807, 2.05) is 12.4 Å². The summed E-state index contributed by atoms with van der Waals surface area (Å²) in [5, 5.41) is 8.47. The molecule has 0 aromatic carbocycles. The van der Waals surface area contributed by atoms with Gasteiger partial charge in [0, 0.05) is 12.4 Å². The number of isothiocyanates is 1. The Morgan fingerprint density at radius 3 is 1.11 bits per heavy atom. The Morgan fingerprint density at radius 2 is 0.946 bits per heavy atom. The van der Waals surface area contributed by atoms with Crippen LogP contribution in [0.5, 0.6) is 0 Å². The Labute approximate surface area is 260 Å². The Hall–Kier alpha value is -1.14. The average Bonchev–Trinajstić information content (AvgIpc) is 2.73. The zero-order valence-corrected chi connectivity index (χ0v) is 30.4. The molecular formula is C29H42CuN3PtSSi2. The van der Waals surface area contributed by atoms with Gasteiger partial charge >= 0.3 is 38.1 Å². The van der Waals surface area contributed by atoms with Gasteiger partial charge in [-0.2, -0.15) is 5.16 Å². The molecule has 8 heteroatoms. The molecule has 208 valence electrons. The van der Waals surface area contributed by atoms with Crippen LogP contribution in [0.2, 0.25) is 39.3 Å². The van der Waals surface area contributed by atoms with Gasteiger partial charge in [-0.3, -0.25) is 9.97 Å². The molecule has 37 heavy (non-hydrogen) atoms. The fraction of sp³-hybridized carbons (Fsp3) is 0.483. The molecule has 0 N–H and O–H groups in total. The minimum Gasteiger partial charge on any atom is -0.753 e. The quantitative estimate of drug-likeness (QED) is 0.0963. The number of hydrogen-bond acceptors (Lipinski definition) is 3. The molecule has 0 bridgehead atoms. The van der Waals surface area contributed by atoms with Crippen LogP contribution in [0.4, 0.5) is 0 Å². The third-order valence-electron chi connectivity index (χ3n) is 4.26. The SMILES string of the molecule is CC(C)(C)c1ccnc(-c2cc(C(C)(C)C)ccn2)c1.[C-]#C[Si](C)(C)C.[C-]#C[Si](C)(C)C.[Cu+].[N-]=C=S.[Pt+2]. The molecule has 0 unspecified atom stereocenters. The Kier molecular flexibility index (Phi) is 22.1. The number of nitrogens with zero attached hydrogens (tertiary/aromatic N) is 3.